The van der Waals surface area contributed by atoms with Gasteiger partial charge in [0.2, 0.25) is 0 Å². The number of aliphatic hydroxyl groups excluding tert-OH is 4. The van der Waals surface area contributed by atoms with Crippen molar-refractivity contribution >= 4 is 5.78 Å². The predicted octanol–water partition coefficient (Wildman–Crippen LogP) is 1.40. The molecule has 1 aliphatic heterocycles. The topological polar surface area (TPSA) is 116 Å². The van der Waals surface area contributed by atoms with Gasteiger partial charge in [0.25, 0.3) is 0 Å². The minimum atomic E-state index is -1.49. The summed E-state index contributed by atoms with van der Waals surface area (Å²) >= 11 is 0. The Kier molecular flexibility index (Phi) is 9.69. The van der Waals surface area contributed by atoms with Crippen LogP contribution in [0.5, 0.6) is 0 Å². The van der Waals surface area contributed by atoms with Gasteiger partial charge in [0.1, 0.15) is 24.4 Å². The minimum absolute atomic E-state index is 0.0402. The normalized spacial score (nSPS) is 30.4. The van der Waals surface area contributed by atoms with Gasteiger partial charge in [-0.05, 0) is 59.1 Å². The van der Waals surface area contributed by atoms with Crippen LogP contribution in [0.15, 0.2) is 36.0 Å². The van der Waals surface area contributed by atoms with E-state index in [-0.39, 0.29) is 5.78 Å². The van der Waals surface area contributed by atoms with Gasteiger partial charge in [0.05, 0.1) is 12.2 Å². The second kappa shape index (κ2) is 11.0. The molecule has 28 heavy (non-hydrogen) atoms. The molecule has 4 N–H and O–H groups in total. The lowest BCUT2D eigenvalue weighted by atomic mass is 9.95. The standard InChI is InChI=1S/C21H34O7/c1-6-21(5,9-7-8-14(4)11-15(23)10-13(2)3)28-20-19(26)18(25)17(24)16(12-22)27-20/h6,10-11,16-20,22,24-26H,1,7-9,12H2,2-5H3/b14-11-/t16-,17-,18+,19-,20+,21-/m1/s1. The first-order valence-electron chi connectivity index (χ1n) is 9.51. The highest BCUT2D eigenvalue weighted by molar-refractivity contribution is 5.99. The van der Waals surface area contributed by atoms with E-state index in [2.05, 4.69) is 6.58 Å². The fraction of sp³-hybridized carbons (Fsp3) is 0.667. The number of aliphatic hydroxyl groups is 4. The molecule has 1 rings (SSSR count). The summed E-state index contributed by atoms with van der Waals surface area (Å²) in [6.07, 6.45) is 0.0792. The van der Waals surface area contributed by atoms with E-state index in [1.165, 1.54) is 0 Å². The van der Waals surface area contributed by atoms with Crippen LogP contribution >= 0.6 is 0 Å². The molecule has 1 heterocycles. The highest BCUT2D eigenvalue weighted by Crippen LogP contribution is 2.29. The summed E-state index contributed by atoms with van der Waals surface area (Å²) in [6, 6.07) is 0. The quantitative estimate of drug-likeness (QED) is 0.325. The lowest BCUT2D eigenvalue weighted by Crippen LogP contribution is -2.60. The fourth-order valence-corrected chi connectivity index (χ4v) is 3.00. The van der Waals surface area contributed by atoms with Crippen molar-refractivity contribution in [3.05, 3.63) is 36.0 Å². The Bertz CT molecular complexity index is 592. The summed E-state index contributed by atoms with van der Waals surface area (Å²) in [6.45, 7) is 10.7. The number of allylic oxidation sites excluding steroid dienone is 4. The molecule has 7 nitrogen and oxygen atoms in total. The highest BCUT2D eigenvalue weighted by atomic mass is 16.7. The first-order valence-corrected chi connectivity index (χ1v) is 9.51. The largest absolute Gasteiger partial charge is 0.394 e. The van der Waals surface area contributed by atoms with E-state index in [0.717, 1.165) is 11.1 Å². The van der Waals surface area contributed by atoms with Crippen LogP contribution in [0.1, 0.15) is 47.0 Å². The van der Waals surface area contributed by atoms with Crippen molar-refractivity contribution in [2.24, 2.45) is 0 Å². The Morgan fingerprint density at radius 3 is 2.32 bits per heavy atom. The Morgan fingerprint density at radius 2 is 1.79 bits per heavy atom. The summed E-state index contributed by atoms with van der Waals surface area (Å²) in [4.78, 5) is 11.8. The maximum atomic E-state index is 11.8. The van der Waals surface area contributed by atoms with Crippen LogP contribution in [-0.4, -0.2) is 69.1 Å². The molecule has 1 saturated heterocycles. The third-order valence-electron chi connectivity index (χ3n) is 4.73. The van der Waals surface area contributed by atoms with E-state index in [0.29, 0.717) is 19.3 Å². The summed E-state index contributed by atoms with van der Waals surface area (Å²) in [5, 5.41) is 39.2. The lowest BCUT2D eigenvalue weighted by molar-refractivity contribution is -0.319. The van der Waals surface area contributed by atoms with Gasteiger partial charge < -0.3 is 29.9 Å². The zero-order valence-corrected chi connectivity index (χ0v) is 17.2. The van der Waals surface area contributed by atoms with Gasteiger partial charge in [-0.2, -0.15) is 0 Å². The van der Waals surface area contributed by atoms with Gasteiger partial charge in [-0.3, -0.25) is 4.79 Å². The van der Waals surface area contributed by atoms with Crippen LogP contribution in [0.25, 0.3) is 0 Å². The first kappa shape index (κ1) is 24.7. The second-order valence-electron chi connectivity index (χ2n) is 7.80. The maximum absolute atomic E-state index is 11.8. The van der Waals surface area contributed by atoms with Crippen LogP contribution in [0.2, 0.25) is 0 Å². The Morgan fingerprint density at radius 1 is 1.14 bits per heavy atom. The molecule has 0 aliphatic carbocycles. The van der Waals surface area contributed by atoms with E-state index < -0.39 is 42.9 Å². The molecule has 7 heteroatoms. The molecule has 0 aromatic carbocycles. The Labute approximate surface area is 167 Å². The number of hydrogen-bond acceptors (Lipinski definition) is 7. The second-order valence-corrected chi connectivity index (χ2v) is 7.80. The highest BCUT2D eigenvalue weighted by Gasteiger charge is 2.45. The molecular formula is C21H34O7. The van der Waals surface area contributed by atoms with Crippen molar-refractivity contribution in [1.29, 1.82) is 0 Å². The number of hydrogen-bond donors (Lipinski definition) is 4. The fourth-order valence-electron chi connectivity index (χ4n) is 3.00. The van der Waals surface area contributed by atoms with Crippen molar-refractivity contribution in [2.75, 3.05) is 6.61 Å². The van der Waals surface area contributed by atoms with Crippen LogP contribution in [0.3, 0.4) is 0 Å². The van der Waals surface area contributed by atoms with Crippen LogP contribution in [0.4, 0.5) is 0 Å². The molecular weight excluding hydrogens is 364 g/mol. The molecule has 160 valence electrons. The van der Waals surface area contributed by atoms with Gasteiger partial charge in [0, 0.05) is 0 Å². The van der Waals surface area contributed by atoms with E-state index in [1.54, 1.807) is 25.2 Å². The maximum Gasteiger partial charge on any atom is 0.187 e. The molecule has 0 spiro atoms. The van der Waals surface area contributed by atoms with Gasteiger partial charge in [0.15, 0.2) is 12.1 Å². The van der Waals surface area contributed by atoms with E-state index in [4.69, 9.17) is 9.47 Å². The van der Waals surface area contributed by atoms with E-state index in [1.807, 2.05) is 20.8 Å². The van der Waals surface area contributed by atoms with Crippen molar-refractivity contribution < 1.29 is 34.7 Å². The third kappa shape index (κ3) is 7.24. The molecule has 6 atom stereocenters. The molecule has 1 aliphatic rings. The SMILES string of the molecule is C=C[C@](C)(CCC/C(C)=C\C(=O)C=C(C)C)O[C@@H]1O[C@H](CO)[C@@H](O)[C@H](O)[C@H]1O. The van der Waals surface area contributed by atoms with Crippen molar-refractivity contribution in [2.45, 2.75) is 83.3 Å². The zero-order chi connectivity index (χ0) is 21.5. The molecule has 0 unspecified atom stereocenters. The van der Waals surface area contributed by atoms with Crippen molar-refractivity contribution in [3.8, 4) is 0 Å². The lowest BCUT2D eigenvalue weighted by Gasteiger charge is -2.42. The van der Waals surface area contributed by atoms with Gasteiger partial charge in [-0.1, -0.05) is 17.2 Å². The molecule has 0 aromatic rings. The van der Waals surface area contributed by atoms with Crippen LogP contribution in [0, 0.1) is 0 Å². The number of carbonyl (C=O) groups excluding carboxylic acids is 1. The number of ether oxygens (including phenoxy) is 2. The van der Waals surface area contributed by atoms with Crippen molar-refractivity contribution in [3.63, 3.8) is 0 Å². The van der Waals surface area contributed by atoms with Gasteiger partial charge in [-0.15, -0.1) is 6.58 Å². The number of rotatable bonds is 10. The average Bonchev–Trinajstić information content (AvgIpc) is 2.61. The van der Waals surface area contributed by atoms with E-state index >= 15 is 0 Å². The first-order chi connectivity index (χ1) is 13.0. The summed E-state index contributed by atoms with van der Waals surface area (Å²) in [7, 11) is 0. The Hall–Kier alpha value is -1.35. The molecule has 0 aromatic heterocycles. The van der Waals surface area contributed by atoms with Gasteiger partial charge >= 0.3 is 0 Å². The number of carbonyl (C=O) groups is 1. The number of ketones is 1. The molecule has 0 saturated carbocycles. The Balaban J connectivity index is 2.67. The predicted molar refractivity (Wildman–Crippen MR) is 106 cm³/mol. The van der Waals surface area contributed by atoms with Crippen LogP contribution in [-0.2, 0) is 14.3 Å². The molecule has 0 radical (unpaired) electrons. The van der Waals surface area contributed by atoms with Crippen molar-refractivity contribution in [1.82, 2.24) is 0 Å². The monoisotopic (exact) mass is 398 g/mol. The molecule has 0 amide bonds. The third-order valence-corrected chi connectivity index (χ3v) is 4.73. The van der Waals surface area contributed by atoms with Crippen LogP contribution < -0.4 is 0 Å². The summed E-state index contributed by atoms with van der Waals surface area (Å²) in [5.41, 5.74) is 1.03. The smallest absolute Gasteiger partial charge is 0.187 e. The van der Waals surface area contributed by atoms with E-state index in [9.17, 15) is 25.2 Å². The molecule has 1 fully saturated rings. The summed E-state index contributed by atoms with van der Waals surface area (Å²) in [5.74, 6) is -0.0402. The average molecular weight is 398 g/mol. The zero-order valence-electron chi connectivity index (χ0n) is 17.2. The summed E-state index contributed by atoms with van der Waals surface area (Å²) < 4.78 is 11.2. The minimum Gasteiger partial charge on any atom is -0.394 e. The van der Waals surface area contributed by atoms with Gasteiger partial charge in [-0.25, -0.2) is 0 Å². The molecule has 0 bridgehead atoms.